The Hall–Kier alpha value is -1.10. The van der Waals surface area contributed by atoms with E-state index >= 15 is 0 Å². The minimum Gasteiger partial charge on any atom is -0.437 e. The molecule has 1 heterocycles. The number of benzene rings is 1. The first-order valence-electron chi connectivity index (χ1n) is 4.37. The summed E-state index contributed by atoms with van der Waals surface area (Å²) in [4.78, 5) is 7.42. The number of ether oxygens (including phenoxy) is 1. The predicted octanol–water partition coefficient (Wildman–Crippen LogP) is 4.37. The standard InChI is InChI=1S/C10H4Cl3FN2O/c11-6-2-1-5(3-8(6)14)17-9-7(12)4-15-10(13)16-9/h1-4H. The van der Waals surface area contributed by atoms with Gasteiger partial charge in [-0.3, -0.25) is 0 Å². The predicted molar refractivity (Wildman–Crippen MR) is 63.5 cm³/mol. The van der Waals surface area contributed by atoms with Crippen LogP contribution in [0.5, 0.6) is 11.6 Å². The summed E-state index contributed by atoms with van der Waals surface area (Å²) < 4.78 is 18.4. The Morgan fingerprint density at radius 1 is 1.12 bits per heavy atom. The number of hydrogen-bond acceptors (Lipinski definition) is 3. The van der Waals surface area contributed by atoms with Gasteiger partial charge in [-0.25, -0.2) is 9.37 Å². The normalized spacial score (nSPS) is 10.4. The monoisotopic (exact) mass is 292 g/mol. The lowest BCUT2D eigenvalue weighted by molar-refractivity contribution is 0.457. The first-order chi connectivity index (χ1) is 8.06. The third kappa shape index (κ3) is 2.97. The Bertz CT molecular complexity index is 565. The fraction of sp³-hybridized carbons (Fsp3) is 0. The lowest BCUT2D eigenvalue weighted by Crippen LogP contribution is -1.92. The lowest BCUT2D eigenvalue weighted by atomic mass is 10.3. The zero-order valence-corrected chi connectivity index (χ0v) is 10.4. The molecule has 0 N–H and O–H groups in total. The molecule has 0 fully saturated rings. The Morgan fingerprint density at radius 3 is 2.59 bits per heavy atom. The molecule has 0 aliphatic heterocycles. The van der Waals surface area contributed by atoms with Gasteiger partial charge in [0, 0.05) is 6.07 Å². The number of nitrogens with zero attached hydrogens (tertiary/aromatic N) is 2. The smallest absolute Gasteiger partial charge is 0.242 e. The second kappa shape index (κ2) is 5.04. The molecule has 0 spiro atoms. The molecule has 0 bridgehead atoms. The molecule has 88 valence electrons. The van der Waals surface area contributed by atoms with Crippen molar-refractivity contribution in [3.05, 3.63) is 45.5 Å². The van der Waals surface area contributed by atoms with Crippen LogP contribution in [0.3, 0.4) is 0 Å². The molecular weight excluding hydrogens is 289 g/mol. The van der Waals surface area contributed by atoms with E-state index in [1.54, 1.807) is 0 Å². The van der Waals surface area contributed by atoms with E-state index in [0.29, 0.717) is 0 Å². The first kappa shape index (κ1) is 12.4. The van der Waals surface area contributed by atoms with Gasteiger partial charge in [0.15, 0.2) is 0 Å². The van der Waals surface area contributed by atoms with Crippen LogP contribution in [0.25, 0.3) is 0 Å². The molecule has 0 atom stereocenters. The van der Waals surface area contributed by atoms with Gasteiger partial charge in [-0.2, -0.15) is 4.98 Å². The van der Waals surface area contributed by atoms with Gasteiger partial charge in [0.2, 0.25) is 11.2 Å². The van der Waals surface area contributed by atoms with Crippen molar-refractivity contribution in [2.24, 2.45) is 0 Å². The summed E-state index contributed by atoms with van der Waals surface area (Å²) in [5.74, 6) is -0.336. The number of aromatic nitrogens is 2. The average Bonchev–Trinajstić information content (AvgIpc) is 2.29. The second-order valence-electron chi connectivity index (χ2n) is 2.97. The third-order valence-electron chi connectivity index (χ3n) is 1.79. The molecule has 0 saturated heterocycles. The molecule has 0 aliphatic carbocycles. The first-order valence-corrected chi connectivity index (χ1v) is 5.50. The molecule has 7 heteroatoms. The van der Waals surface area contributed by atoms with Crippen LogP contribution in [-0.2, 0) is 0 Å². The summed E-state index contributed by atoms with van der Waals surface area (Å²) in [7, 11) is 0. The van der Waals surface area contributed by atoms with Crippen molar-refractivity contribution >= 4 is 34.8 Å². The number of rotatable bonds is 2. The van der Waals surface area contributed by atoms with E-state index in [-0.39, 0.29) is 27.0 Å². The van der Waals surface area contributed by atoms with Gasteiger partial charge < -0.3 is 4.74 Å². The fourth-order valence-electron chi connectivity index (χ4n) is 1.05. The van der Waals surface area contributed by atoms with E-state index in [9.17, 15) is 4.39 Å². The summed E-state index contributed by atoms with van der Waals surface area (Å²) in [6.45, 7) is 0. The van der Waals surface area contributed by atoms with E-state index in [1.165, 1.54) is 18.3 Å². The van der Waals surface area contributed by atoms with Crippen molar-refractivity contribution < 1.29 is 9.13 Å². The molecular formula is C10H4Cl3FN2O. The van der Waals surface area contributed by atoms with E-state index in [0.717, 1.165) is 6.07 Å². The van der Waals surface area contributed by atoms with Gasteiger partial charge >= 0.3 is 0 Å². The van der Waals surface area contributed by atoms with Crippen molar-refractivity contribution in [1.29, 1.82) is 0 Å². The Labute approximate surface area is 111 Å². The van der Waals surface area contributed by atoms with E-state index < -0.39 is 5.82 Å². The fourth-order valence-corrected chi connectivity index (χ4v) is 1.43. The molecule has 0 saturated carbocycles. The zero-order valence-electron chi connectivity index (χ0n) is 8.12. The molecule has 1 aromatic heterocycles. The highest BCUT2D eigenvalue weighted by Gasteiger charge is 2.08. The van der Waals surface area contributed by atoms with Crippen LogP contribution >= 0.6 is 34.8 Å². The quantitative estimate of drug-likeness (QED) is 0.771. The average molecular weight is 294 g/mol. The van der Waals surface area contributed by atoms with Gasteiger partial charge in [0.25, 0.3) is 0 Å². The summed E-state index contributed by atoms with van der Waals surface area (Å²) >= 11 is 16.9. The Morgan fingerprint density at radius 2 is 1.88 bits per heavy atom. The highest BCUT2D eigenvalue weighted by atomic mass is 35.5. The topological polar surface area (TPSA) is 35.0 Å². The van der Waals surface area contributed by atoms with Crippen LogP contribution < -0.4 is 4.74 Å². The van der Waals surface area contributed by atoms with Crippen molar-refractivity contribution in [1.82, 2.24) is 9.97 Å². The molecule has 1 aromatic carbocycles. The summed E-state index contributed by atoms with van der Waals surface area (Å²) in [6, 6.07) is 3.97. The van der Waals surface area contributed by atoms with Crippen LogP contribution in [0.1, 0.15) is 0 Å². The molecule has 0 unspecified atom stereocenters. The molecule has 0 aliphatic rings. The van der Waals surface area contributed by atoms with Crippen LogP contribution in [0.15, 0.2) is 24.4 Å². The van der Waals surface area contributed by atoms with Gasteiger partial charge in [0.05, 0.1) is 11.2 Å². The van der Waals surface area contributed by atoms with Crippen molar-refractivity contribution in [3.63, 3.8) is 0 Å². The highest BCUT2D eigenvalue weighted by molar-refractivity contribution is 6.32. The zero-order chi connectivity index (χ0) is 12.4. The highest BCUT2D eigenvalue weighted by Crippen LogP contribution is 2.29. The molecule has 0 amide bonds. The van der Waals surface area contributed by atoms with Crippen LogP contribution in [0, 0.1) is 5.82 Å². The lowest BCUT2D eigenvalue weighted by Gasteiger charge is -2.06. The largest absolute Gasteiger partial charge is 0.437 e. The van der Waals surface area contributed by atoms with E-state index in [2.05, 4.69) is 9.97 Å². The van der Waals surface area contributed by atoms with Gasteiger partial charge in [-0.05, 0) is 23.7 Å². The minimum atomic E-state index is -0.597. The van der Waals surface area contributed by atoms with E-state index in [1.807, 2.05) is 0 Å². The Kier molecular flexibility index (Phi) is 3.66. The SMILES string of the molecule is Fc1cc(Oc2nc(Cl)ncc2Cl)ccc1Cl. The maximum Gasteiger partial charge on any atom is 0.242 e. The van der Waals surface area contributed by atoms with E-state index in [4.69, 9.17) is 39.5 Å². The molecule has 2 aromatic rings. The maximum absolute atomic E-state index is 13.2. The van der Waals surface area contributed by atoms with Gasteiger partial charge in [-0.1, -0.05) is 23.2 Å². The summed E-state index contributed by atoms with van der Waals surface area (Å²) in [6.07, 6.45) is 1.29. The van der Waals surface area contributed by atoms with Crippen molar-refractivity contribution in [2.45, 2.75) is 0 Å². The van der Waals surface area contributed by atoms with Gasteiger partial charge in [0.1, 0.15) is 16.6 Å². The van der Waals surface area contributed by atoms with Crippen LogP contribution in [0.4, 0.5) is 4.39 Å². The van der Waals surface area contributed by atoms with Crippen molar-refractivity contribution in [2.75, 3.05) is 0 Å². The van der Waals surface area contributed by atoms with Crippen molar-refractivity contribution in [3.8, 4) is 11.6 Å². The molecule has 0 radical (unpaired) electrons. The minimum absolute atomic E-state index is 0.00386. The second-order valence-corrected chi connectivity index (χ2v) is 4.12. The number of hydrogen-bond donors (Lipinski definition) is 0. The maximum atomic E-state index is 13.2. The Balaban J connectivity index is 2.31. The molecule has 3 nitrogen and oxygen atoms in total. The van der Waals surface area contributed by atoms with Crippen LogP contribution in [0.2, 0.25) is 15.3 Å². The van der Waals surface area contributed by atoms with Crippen LogP contribution in [-0.4, -0.2) is 9.97 Å². The summed E-state index contributed by atoms with van der Waals surface area (Å²) in [5.41, 5.74) is 0. The molecule has 17 heavy (non-hydrogen) atoms. The van der Waals surface area contributed by atoms with Gasteiger partial charge in [-0.15, -0.1) is 0 Å². The third-order valence-corrected chi connectivity index (χ3v) is 2.54. The number of halogens is 4. The molecule has 2 rings (SSSR count). The summed E-state index contributed by atoms with van der Waals surface area (Å²) in [5, 5.41) is 0.160.